The molecule has 0 spiro atoms. The highest BCUT2D eigenvalue weighted by atomic mass is 28.3. The lowest BCUT2D eigenvalue weighted by Crippen LogP contribution is -2.47. The van der Waals surface area contributed by atoms with Crippen LogP contribution in [0.5, 0.6) is 0 Å². The van der Waals surface area contributed by atoms with Gasteiger partial charge >= 0.3 is 0 Å². The molecule has 32 heavy (non-hydrogen) atoms. The van der Waals surface area contributed by atoms with Gasteiger partial charge in [0.1, 0.15) is 0 Å². The van der Waals surface area contributed by atoms with Gasteiger partial charge in [-0.1, -0.05) is 110 Å². The first-order valence-corrected chi connectivity index (χ1v) is 19.4. The Kier molecular flexibility index (Phi) is 5.37. The molecule has 3 aromatic rings. The molecular weight excluding hydrogens is 417 g/mol. The Balaban J connectivity index is 1.53. The van der Waals surface area contributed by atoms with Crippen LogP contribution in [0.25, 0.3) is 0 Å². The molecule has 0 aliphatic heterocycles. The van der Waals surface area contributed by atoms with Gasteiger partial charge in [0, 0.05) is 0 Å². The van der Waals surface area contributed by atoms with Crippen molar-refractivity contribution < 1.29 is 0 Å². The summed E-state index contributed by atoms with van der Waals surface area (Å²) in [5, 5.41) is 3.43. The number of hydrogen-bond acceptors (Lipinski definition) is 0. The molecule has 2 unspecified atom stereocenters. The van der Waals surface area contributed by atoms with Crippen molar-refractivity contribution in [1.82, 2.24) is 0 Å². The molecule has 0 nitrogen and oxygen atoms in total. The maximum absolute atomic E-state index is 2.70. The maximum atomic E-state index is 2.70. The monoisotopic (exact) mass is 454 g/mol. The Labute approximate surface area is 197 Å². The summed E-state index contributed by atoms with van der Waals surface area (Å²) in [5.74, 6) is 1.42. The van der Waals surface area contributed by atoms with Gasteiger partial charge in [-0.2, -0.15) is 0 Å². The van der Waals surface area contributed by atoms with Crippen LogP contribution >= 0.6 is 0 Å². The van der Waals surface area contributed by atoms with E-state index in [4.69, 9.17) is 0 Å². The Morgan fingerprint density at radius 1 is 0.594 bits per heavy atom. The molecule has 5 rings (SSSR count). The zero-order valence-electron chi connectivity index (χ0n) is 20.8. The Morgan fingerprint density at radius 2 is 0.969 bits per heavy atom. The molecule has 0 fully saturated rings. The second-order valence-electron chi connectivity index (χ2n) is 12.3. The smallest absolute Gasteiger partial charge is 0.0656 e. The third-order valence-corrected chi connectivity index (χ3v) is 12.0. The molecule has 0 aromatic heterocycles. The van der Waals surface area contributed by atoms with Crippen molar-refractivity contribution in [3.05, 3.63) is 94.0 Å². The van der Waals surface area contributed by atoms with Crippen molar-refractivity contribution in [2.75, 3.05) is 0 Å². The SMILES string of the molecule is C[Si](C)(C)c1cc(CC2Cc3ccccc32)c([Si](C)(C)C)cc1CC1Cc2ccccc21. The number of rotatable bonds is 6. The highest BCUT2D eigenvalue weighted by Crippen LogP contribution is 2.39. The fourth-order valence-electron chi connectivity index (χ4n) is 6.04. The first kappa shape index (κ1) is 21.9. The molecule has 2 atom stereocenters. The fourth-order valence-corrected chi connectivity index (χ4v) is 9.53. The second-order valence-corrected chi connectivity index (χ2v) is 22.4. The van der Waals surface area contributed by atoms with E-state index in [9.17, 15) is 0 Å². The standard InChI is InChI=1S/C30H38Si2/c1-31(2,3)29-19-26(18-24-16-22-12-8-10-14-28(22)24)30(32(4,5)6)20-25(29)17-23-15-21-11-7-9-13-27(21)23/h7-14,19-20,23-24H,15-18H2,1-6H3. The molecule has 3 aromatic carbocycles. The number of benzene rings is 3. The van der Waals surface area contributed by atoms with E-state index in [0.29, 0.717) is 11.8 Å². The minimum absolute atomic E-state index is 0.708. The lowest BCUT2D eigenvalue weighted by atomic mass is 9.73. The Morgan fingerprint density at radius 3 is 1.31 bits per heavy atom. The number of hydrogen-bond donors (Lipinski definition) is 0. The lowest BCUT2D eigenvalue weighted by Gasteiger charge is -2.35. The molecular formula is C30H38Si2. The van der Waals surface area contributed by atoms with E-state index in [1.54, 1.807) is 43.8 Å². The first-order chi connectivity index (χ1) is 15.1. The van der Waals surface area contributed by atoms with Crippen molar-refractivity contribution in [3.8, 4) is 0 Å². The third kappa shape index (κ3) is 3.97. The van der Waals surface area contributed by atoms with E-state index in [2.05, 4.69) is 99.9 Å². The van der Waals surface area contributed by atoms with Gasteiger partial charge in [-0.05, 0) is 70.9 Å². The summed E-state index contributed by atoms with van der Waals surface area (Å²) in [6, 6.07) is 23.6. The van der Waals surface area contributed by atoms with Crippen LogP contribution in [0.2, 0.25) is 39.3 Å². The zero-order chi connectivity index (χ0) is 22.7. The lowest BCUT2D eigenvalue weighted by molar-refractivity contribution is 0.602. The summed E-state index contributed by atoms with van der Waals surface area (Å²) >= 11 is 0. The average Bonchev–Trinajstić information content (AvgIpc) is 2.69. The van der Waals surface area contributed by atoms with Gasteiger partial charge in [0.15, 0.2) is 0 Å². The van der Waals surface area contributed by atoms with Crippen LogP contribution in [0.1, 0.15) is 45.2 Å². The zero-order valence-corrected chi connectivity index (χ0v) is 22.8. The Hall–Kier alpha value is -1.91. The van der Waals surface area contributed by atoms with Crippen molar-refractivity contribution in [2.45, 2.75) is 76.8 Å². The van der Waals surface area contributed by atoms with Crippen LogP contribution in [0.4, 0.5) is 0 Å². The minimum atomic E-state index is -1.44. The number of fused-ring (bicyclic) bond motifs is 2. The van der Waals surface area contributed by atoms with Crippen molar-refractivity contribution in [2.24, 2.45) is 0 Å². The predicted molar refractivity (Wildman–Crippen MR) is 146 cm³/mol. The van der Waals surface area contributed by atoms with Gasteiger partial charge in [0.2, 0.25) is 0 Å². The van der Waals surface area contributed by atoms with Crippen LogP contribution in [-0.4, -0.2) is 16.1 Å². The quantitative estimate of drug-likeness (QED) is 0.371. The highest BCUT2D eigenvalue weighted by molar-refractivity contribution is 6.90. The van der Waals surface area contributed by atoms with Gasteiger partial charge in [-0.3, -0.25) is 0 Å². The van der Waals surface area contributed by atoms with E-state index in [-0.39, 0.29) is 0 Å². The Bertz CT molecular complexity index is 1070. The van der Waals surface area contributed by atoms with Gasteiger partial charge < -0.3 is 0 Å². The van der Waals surface area contributed by atoms with Crippen molar-refractivity contribution in [3.63, 3.8) is 0 Å². The summed E-state index contributed by atoms with van der Waals surface area (Å²) < 4.78 is 0. The summed E-state index contributed by atoms with van der Waals surface area (Å²) in [5.41, 5.74) is 9.66. The molecule has 0 radical (unpaired) electrons. The summed E-state index contributed by atoms with van der Waals surface area (Å²) in [7, 11) is -2.88. The molecule has 0 bridgehead atoms. The molecule has 2 heteroatoms. The fraction of sp³-hybridized carbons (Fsp3) is 0.400. The van der Waals surface area contributed by atoms with E-state index in [0.717, 1.165) is 0 Å². The van der Waals surface area contributed by atoms with Gasteiger partial charge in [0.25, 0.3) is 0 Å². The van der Waals surface area contributed by atoms with E-state index < -0.39 is 16.1 Å². The highest BCUT2D eigenvalue weighted by Gasteiger charge is 2.33. The van der Waals surface area contributed by atoms with Crippen LogP contribution in [0.15, 0.2) is 60.7 Å². The molecule has 166 valence electrons. The van der Waals surface area contributed by atoms with Crippen molar-refractivity contribution in [1.29, 1.82) is 0 Å². The molecule has 0 amide bonds. The molecule has 2 aliphatic rings. The van der Waals surface area contributed by atoms with Crippen LogP contribution in [0, 0.1) is 0 Å². The third-order valence-electron chi connectivity index (χ3n) is 7.80. The molecule has 0 saturated carbocycles. The van der Waals surface area contributed by atoms with E-state index >= 15 is 0 Å². The van der Waals surface area contributed by atoms with E-state index in [1.807, 2.05) is 0 Å². The van der Waals surface area contributed by atoms with E-state index in [1.165, 1.54) is 25.7 Å². The topological polar surface area (TPSA) is 0 Å². The predicted octanol–water partition coefficient (Wildman–Crippen LogP) is 6.54. The molecule has 0 N–H and O–H groups in total. The van der Waals surface area contributed by atoms with Crippen LogP contribution in [-0.2, 0) is 25.7 Å². The normalized spacial score (nSPS) is 19.6. The van der Waals surface area contributed by atoms with Gasteiger partial charge in [0.05, 0.1) is 16.1 Å². The van der Waals surface area contributed by atoms with Gasteiger partial charge in [-0.15, -0.1) is 0 Å². The second kappa shape index (κ2) is 7.85. The largest absolute Gasteiger partial charge is 0.0779 e. The molecule has 0 heterocycles. The van der Waals surface area contributed by atoms with Crippen LogP contribution in [0.3, 0.4) is 0 Å². The summed E-state index contributed by atoms with van der Waals surface area (Å²) in [4.78, 5) is 0. The summed E-state index contributed by atoms with van der Waals surface area (Å²) in [6.07, 6.45) is 4.95. The average molecular weight is 455 g/mol. The summed E-state index contributed by atoms with van der Waals surface area (Å²) in [6.45, 7) is 15.2. The minimum Gasteiger partial charge on any atom is -0.0656 e. The van der Waals surface area contributed by atoms with Gasteiger partial charge in [-0.25, -0.2) is 0 Å². The maximum Gasteiger partial charge on any atom is 0.0779 e. The first-order valence-electron chi connectivity index (χ1n) is 12.4. The van der Waals surface area contributed by atoms with Crippen molar-refractivity contribution >= 4 is 26.5 Å². The van der Waals surface area contributed by atoms with Crippen LogP contribution < -0.4 is 10.4 Å². The molecule has 0 saturated heterocycles. The molecule has 2 aliphatic carbocycles.